The summed E-state index contributed by atoms with van der Waals surface area (Å²) in [6.45, 7) is 7.80. The summed E-state index contributed by atoms with van der Waals surface area (Å²) in [5.41, 5.74) is 3.30. The van der Waals surface area contributed by atoms with Gasteiger partial charge < -0.3 is 20.1 Å². The molecule has 9 heteroatoms. The lowest BCUT2D eigenvalue weighted by Crippen LogP contribution is -2.67. The van der Waals surface area contributed by atoms with Crippen molar-refractivity contribution in [1.29, 1.82) is 0 Å². The van der Waals surface area contributed by atoms with Gasteiger partial charge in [0.05, 0.1) is 18.1 Å². The number of carbonyl (C=O) groups is 2. The molecule has 3 aromatic rings. The Balaban J connectivity index is 1.12. The van der Waals surface area contributed by atoms with Crippen molar-refractivity contribution in [2.24, 2.45) is 12.5 Å². The van der Waals surface area contributed by atoms with Crippen LogP contribution < -0.4 is 10.6 Å². The summed E-state index contributed by atoms with van der Waals surface area (Å²) in [7, 11) is 1.91. The second kappa shape index (κ2) is 7.08. The van der Waals surface area contributed by atoms with Crippen molar-refractivity contribution in [2.45, 2.75) is 45.1 Å². The molecule has 0 radical (unpaired) electrons. The zero-order valence-corrected chi connectivity index (χ0v) is 18.9. The van der Waals surface area contributed by atoms with Gasteiger partial charge in [0, 0.05) is 50.2 Å². The summed E-state index contributed by atoms with van der Waals surface area (Å²) < 4.78 is 3.63. The molecule has 3 aromatic heterocycles. The molecule has 1 spiro atoms. The van der Waals surface area contributed by atoms with Crippen LogP contribution in [-0.4, -0.2) is 55.1 Å². The second-order valence-corrected chi connectivity index (χ2v) is 10.3. The number of nitrogens with one attached hydrogen (secondary N) is 2. The number of anilines is 1. The maximum absolute atomic E-state index is 12.9. The Morgan fingerprint density at radius 1 is 1.12 bits per heavy atom. The molecule has 0 unspecified atom stereocenters. The van der Waals surface area contributed by atoms with E-state index in [0.717, 1.165) is 37.1 Å². The highest BCUT2D eigenvalue weighted by atomic mass is 16.2. The van der Waals surface area contributed by atoms with Gasteiger partial charge in [-0.1, -0.05) is 20.8 Å². The molecule has 1 aliphatic carbocycles. The van der Waals surface area contributed by atoms with Gasteiger partial charge in [-0.05, 0) is 29.9 Å². The molecule has 2 fully saturated rings. The SMILES string of the molecule is Cn1ccn2ncc(C(=O)N3CC4(CC(NC(=O)Nc5cncc(C(C)(C)C)c5)C4)C3)c12. The molecule has 1 aliphatic heterocycles. The molecule has 168 valence electrons. The molecule has 5 rings (SSSR count). The number of nitrogens with zero attached hydrogens (tertiary/aromatic N) is 5. The van der Waals surface area contributed by atoms with Crippen LogP contribution in [0.3, 0.4) is 0 Å². The van der Waals surface area contributed by atoms with Gasteiger partial charge in [0.1, 0.15) is 11.2 Å². The highest BCUT2D eigenvalue weighted by Gasteiger charge is 2.54. The van der Waals surface area contributed by atoms with Crippen molar-refractivity contribution in [2.75, 3.05) is 18.4 Å². The number of urea groups is 1. The minimum absolute atomic E-state index is 0.0211. The number of hydrogen-bond acceptors (Lipinski definition) is 4. The Hall–Kier alpha value is -3.36. The predicted molar refractivity (Wildman–Crippen MR) is 121 cm³/mol. The zero-order chi connectivity index (χ0) is 22.7. The van der Waals surface area contributed by atoms with Crippen molar-refractivity contribution in [3.8, 4) is 0 Å². The maximum atomic E-state index is 12.9. The van der Waals surface area contributed by atoms with Crippen LogP contribution in [-0.2, 0) is 12.5 Å². The third-order valence-corrected chi connectivity index (χ3v) is 6.66. The topological polar surface area (TPSA) is 96.6 Å². The van der Waals surface area contributed by atoms with Crippen LogP contribution in [0.5, 0.6) is 0 Å². The number of aryl methyl sites for hydroxylation is 1. The van der Waals surface area contributed by atoms with Gasteiger partial charge in [0.25, 0.3) is 5.91 Å². The molecular formula is C23H29N7O2. The van der Waals surface area contributed by atoms with E-state index in [1.165, 1.54) is 0 Å². The third-order valence-electron chi connectivity index (χ3n) is 6.66. The van der Waals surface area contributed by atoms with Crippen LogP contribution in [0.25, 0.3) is 5.65 Å². The number of rotatable bonds is 3. The van der Waals surface area contributed by atoms with Crippen molar-refractivity contribution >= 4 is 23.3 Å². The Bertz CT molecular complexity index is 1190. The highest BCUT2D eigenvalue weighted by molar-refractivity contribution is 6.00. The average molecular weight is 436 g/mol. The lowest BCUT2D eigenvalue weighted by molar-refractivity contribution is -0.0582. The van der Waals surface area contributed by atoms with Crippen molar-refractivity contribution < 1.29 is 9.59 Å². The van der Waals surface area contributed by atoms with Crippen LogP contribution in [0.2, 0.25) is 0 Å². The Morgan fingerprint density at radius 2 is 1.88 bits per heavy atom. The van der Waals surface area contributed by atoms with Crippen LogP contribution >= 0.6 is 0 Å². The smallest absolute Gasteiger partial charge is 0.319 e. The average Bonchev–Trinajstić information content (AvgIpc) is 3.25. The van der Waals surface area contributed by atoms with Crippen LogP contribution in [0.15, 0.2) is 37.1 Å². The molecule has 4 heterocycles. The van der Waals surface area contributed by atoms with Gasteiger partial charge in [0.2, 0.25) is 0 Å². The largest absolute Gasteiger partial charge is 0.337 e. The second-order valence-electron chi connectivity index (χ2n) is 10.3. The summed E-state index contributed by atoms with van der Waals surface area (Å²) in [4.78, 5) is 31.5. The maximum Gasteiger partial charge on any atom is 0.319 e. The molecule has 2 N–H and O–H groups in total. The monoisotopic (exact) mass is 435 g/mol. The van der Waals surface area contributed by atoms with Gasteiger partial charge in [-0.3, -0.25) is 9.78 Å². The molecule has 0 atom stereocenters. The van der Waals surface area contributed by atoms with Gasteiger partial charge in [0.15, 0.2) is 0 Å². The van der Waals surface area contributed by atoms with Crippen LogP contribution in [0.4, 0.5) is 10.5 Å². The number of likely N-dealkylation sites (tertiary alicyclic amines) is 1. The molecule has 1 saturated carbocycles. The van der Waals surface area contributed by atoms with E-state index in [0.29, 0.717) is 11.3 Å². The number of fused-ring (bicyclic) bond motifs is 1. The fourth-order valence-corrected chi connectivity index (χ4v) is 4.90. The summed E-state index contributed by atoms with van der Waals surface area (Å²) in [5, 5.41) is 10.2. The first-order valence-corrected chi connectivity index (χ1v) is 10.9. The third kappa shape index (κ3) is 3.51. The number of imidazole rings is 1. The van der Waals surface area contributed by atoms with Gasteiger partial charge in [-0.2, -0.15) is 5.10 Å². The van der Waals surface area contributed by atoms with Crippen molar-refractivity contribution in [3.63, 3.8) is 0 Å². The van der Waals surface area contributed by atoms with Crippen LogP contribution in [0.1, 0.15) is 49.5 Å². The van der Waals surface area contributed by atoms with E-state index < -0.39 is 0 Å². The zero-order valence-electron chi connectivity index (χ0n) is 18.9. The molecule has 2 aliphatic rings. The van der Waals surface area contributed by atoms with E-state index >= 15 is 0 Å². The summed E-state index contributed by atoms with van der Waals surface area (Å²) in [6.07, 6.45) is 10.6. The number of amides is 3. The van der Waals surface area contributed by atoms with E-state index in [9.17, 15) is 9.59 Å². The fourth-order valence-electron chi connectivity index (χ4n) is 4.90. The minimum atomic E-state index is -0.212. The first-order chi connectivity index (χ1) is 15.1. The first-order valence-electron chi connectivity index (χ1n) is 10.9. The predicted octanol–water partition coefficient (Wildman–Crippen LogP) is 2.79. The molecular weight excluding hydrogens is 406 g/mol. The van der Waals surface area contributed by atoms with E-state index in [4.69, 9.17) is 0 Å². The van der Waals surface area contributed by atoms with Gasteiger partial charge in [-0.25, -0.2) is 9.31 Å². The Morgan fingerprint density at radius 3 is 2.59 bits per heavy atom. The fraction of sp³-hybridized carbons (Fsp3) is 0.478. The van der Waals surface area contributed by atoms with E-state index in [2.05, 4.69) is 41.5 Å². The first kappa shape index (κ1) is 20.5. The summed E-state index contributed by atoms with van der Waals surface area (Å²) in [5.74, 6) is 0.0211. The summed E-state index contributed by atoms with van der Waals surface area (Å²) in [6, 6.07) is 1.88. The van der Waals surface area contributed by atoms with E-state index in [1.54, 1.807) is 16.9 Å². The number of hydrogen-bond donors (Lipinski definition) is 2. The molecule has 0 bridgehead atoms. The molecule has 3 amide bonds. The Kier molecular flexibility index (Phi) is 4.54. The van der Waals surface area contributed by atoms with E-state index in [1.807, 2.05) is 41.2 Å². The molecule has 1 saturated heterocycles. The minimum Gasteiger partial charge on any atom is -0.337 e. The Labute approximate surface area is 186 Å². The van der Waals surface area contributed by atoms with Gasteiger partial charge in [-0.15, -0.1) is 0 Å². The normalized spacial score (nSPS) is 17.8. The summed E-state index contributed by atoms with van der Waals surface area (Å²) >= 11 is 0. The number of carbonyl (C=O) groups excluding carboxylic acids is 2. The molecule has 0 aromatic carbocycles. The standard InChI is InChI=1S/C23H29N7O2/c1-22(2,3)15-7-16(11-24-10-15)26-21(32)27-17-8-23(9-17)13-29(14-23)20(31)18-12-25-30-6-5-28(4)19(18)30/h5-7,10-12,17H,8-9,13-14H2,1-4H3,(H2,26,27,32). The number of aromatic nitrogens is 4. The van der Waals surface area contributed by atoms with Gasteiger partial charge >= 0.3 is 6.03 Å². The van der Waals surface area contributed by atoms with Crippen molar-refractivity contribution in [3.05, 3.63) is 48.2 Å². The van der Waals surface area contributed by atoms with E-state index in [-0.39, 0.29) is 28.8 Å². The number of pyridine rings is 1. The van der Waals surface area contributed by atoms with Crippen molar-refractivity contribution in [1.82, 2.24) is 29.4 Å². The lowest BCUT2D eigenvalue weighted by Gasteiger charge is -2.58. The van der Waals surface area contributed by atoms with Crippen LogP contribution in [0, 0.1) is 5.41 Å². The molecule has 32 heavy (non-hydrogen) atoms. The quantitative estimate of drug-likeness (QED) is 0.661. The lowest BCUT2D eigenvalue weighted by atomic mass is 9.60. The molecule has 9 nitrogen and oxygen atoms in total. The highest BCUT2D eigenvalue weighted by Crippen LogP contribution is 2.48.